The van der Waals surface area contributed by atoms with Crippen molar-refractivity contribution in [2.24, 2.45) is 17.8 Å². The molecule has 3 fully saturated rings. The van der Waals surface area contributed by atoms with Gasteiger partial charge in [0.05, 0.1) is 0 Å². The number of hydrogen-bond donors (Lipinski definition) is 1. The van der Waals surface area contributed by atoms with Crippen LogP contribution in [0.15, 0.2) is 0 Å². The molecule has 15 heavy (non-hydrogen) atoms. The maximum atomic E-state index is 12.1. The van der Waals surface area contributed by atoms with E-state index in [-0.39, 0.29) is 5.54 Å². The third-order valence-corrected chi connectivity index (χ3v) is 4.75. The summed E-state index contributed by atoms with van der Waals surface area (Å²) in [6.07, 6.45) is 8.68. The highest BCUT2D eigenvalue weighted by Gasteiger charge is 2.48. The minimum atomic E-state index is 0.129. The van der Waals surface area contributed by atoms with Gasteiger partial charge in [-0.1, -0.05) is 12.8 Å². The smallest absolute Gasteiger partial charge is 0.223 e. The molecule has 84 valence electrons. The maximum absolute atomic E-state index is 12.1. The molecule has 0 radical (unpaired) electrons. The molecule has 2 unspecified atom stereocenters. The number of carbonyl (C=O) groups is 1. The minimum Gasteiger partial charge on any atom is -0.351 e. The van der Waals surface area contributed by atoms with Gasteiger partial charge >= 0.3 is 0 Å². The molecule has 0 spiro atoms. The van der Waals surface area contributed by atoms with E-state index in [1.807, 2.05) is 0 Å². The van der Waals surface area contributed by atoms with E-state index >= 15 is 0 Å². The van der Waals surface area contributed by atoms with E-state index in [1.54, 1.807) is 0 Å². The molecule has 1 amide bonds. The molecule has 3 aliphatic carbocycles. The molecule has 0 saturated heterocycles. The summed E-state index contributed by atoms with van der Waals surface area (Å²) in [5.41, 5.74) is 0.129. The van der Waals surface area contributed by atoms with Crippen molar-refractivity contribution in [3.8, 4) is 0 Å². The molecule has 3 rings (SSSR count). The third-order valence-electron chi connectivity index (χ3n) is 4.75. The Morgan fingerprint density at radius 3 is 2.33 bits per heavy atom. The van der Waals surface area contributed by atoms with Crippen molar-refractivity contribution in [2.45, 2.75) is 57.4 Å². The topological polar surface area (TPSA) is 29.1 Å². The van der Waals surface area contributed by atoms with E-state index in [0.717, 1.165) is 11.8 Å². The summed E-state index contributed by atoms with van der Waals surface area (Å²) in [6.45, 7) is 2.22. The zero-order valence-electron chi connectivity index (χ0n) is 9.59. The molecule has 0 aromatic rings. The predicted molar refractivity (Wildman–Crippen MR) is 59.3 cm³/mol. The number of carbonyl (C=O) groups excluding carboxylic acids is 1. The van der Waals surface area contributed by atoms with Crippen LogP contribution in [-0.4, -0.2) is 11.4 Å². The van der Waals surface area contributed by atoms with Gasteiger partial charge in [0.15, 0.2) is 0 Å². The Kier molecular flexibility index (Phi) is 2.08. The van der Waals surface area contributed by atoms with Gasteiger partial charge in [0.2, 0.25) is 5.91 Å². The van der Waals surface area contributed by atoms with E-state index in [9.17, 15) is 4.79 Å². The summed E-state index contributed by atoms with van der Waals surface area (Å²) in [7, 11) is 0. The first kappa shape index (κ1) is 9.68. The molecule has 3 aliphatic rings. The number of hydrogen-bond acceptors (Lipinski definition) is 1. The number of nitrogens with one attached hydrogen (secondary N) is 1. The summed E-state index contributed by atoms with van der Waals surface area (Å²) in [6, 6.07) is 0. The highest BCUT2D eigenvalue weighted by atomic mass is 16.2. The Labute approximate surface area is 91.8 Å². The minimum absolute atomic E-state index is 0.129. The summed E-state index contributed by atoms with van der Waals surface area (Å²) in [4.78, 5) is 12.1. The quantitative estimate of drug-likeness (QED) is 0.740. The first-order chi connectivity index (χ1) is 7.16. The van der Waals surface area contributed by atoms with E-state index in [4.69, 9.17) is 0 Å². The van der Waals surface area contributed by atoms with Crippen LogP contribution >= 0.6 is 0 Å². The van der Waals surface area contributed by atoms with Gasteiger partial charge in [-0.3, -0.25) is 4.79 Å². The van der Waals surface area contributed by atoms with Crippen LogP contribution in [0.3, 0.4) is 0 Å². The number of rotatable bonds is 2. The Bertz CT molecular complexity index is 270. The lowest BCUT2D eigenvalue weighted by atomic mass is 9.97. The molecule has 2 nitrogen and oxygen atoms in total. The van der Waals surface area contributed by atoms with Crippen molar-refractivity contribution in [1.29, 1.82) is 0 Å². The van der Waals surface area contributed by atoms with Crippen molar-refractivity contribution < 1.29 is 4.79 Å². The summed E-state index contributed by atoms with van der Waals surface area (Å²) in [5.74, 6) is 2.53. The molecular weight excluding hydrogens is 186 g/mol. The summed E-state index contributed by atoms with van der Waals surface area (Å²) < 4.78 is 0. The SMILES string of the molecule is CC1(NC(=O)C2CC3CC3C2)CCCC1. The van der Waals surface area contributed by atoms with Crippen LogP contribution < -0.4 is 5.32 Å². The van der Waals surface area contributed by atoms with Crippen molar-refractivity contribution >= 4 is 5.91 Å². The Morgan fingerprint density at radius 1 is 1.13 bits per heavy atom. The van der Waals surface area contributed by atoms with Gasteiger partial charge in [-0.15, -0.1) is 0 Å². The zero-order chi connectivity index (χ0) is 10.5. The third kappa shape index (κ3) is 1.79. The first-order valence-corrected chi connectivity index (χ1v) is 6.48. The van der Waals surface area contributed by atoms with E-state index in [1.165, 1.54) is 44.9 Å². The lowest BCUT2D eigenvalue weighted by Gasteiger charge is -2.27. The molecule has 0 bridgehead atoms. The van der Waals surface area contributed by atoms with Gasteiger partial charge in [-0.25, -0.2) is 0 Å². The van der Waals surface area contributed by atoms with Crippen LogP contribution in [0.2, 0.25) is 0 Å². The van der Waals surface area contributed by atoms with Crippen molar-refractivity contribution in [1.82, 2.24) is 5.32 Å². The zero-order valence-corrected chi connectivity index (χ0v) is 9.59. The fourth-order valence-electron chi connectivity index (χ4n) is 3.61. The Balaban J connectivity index is 1.56. The molecular formula is C13H21NO. The van der Waals surface area contributed by atoms with Gasteiger partial charge in [-0.05, 0) is 50.9 Å². The first-order valence-electron chi connectivity index (χ1n) is 6.48. The highest BCUT2D eigenvalue weighted by Crippen LogP contribution is 2.54. The van der Waals surface area contributed by atoms with Gasteiger partial charge in [-0.2, -0.15) is 0 Å². The molecule has 0 heterocycles. The Morgan fingerprint density at radius 2 is 1.73 bits per heavy atom. The van der Waals surface area contributed by atoms with E-state index in [2.05, 4.69) is 12.2 Å². The maximum Gasteiger partial charge on any atom is 0.223 e. The second-order valence-corrected chi connectivity index (χ2v) is 6.18. The van der Waals surface area contributed by atoms with Crippen LogP contribution in [0.4, 0.5) is 0 Å². The summed E-state index contributed by atoms with van der Waals surface area (Å²) in [5, 5.41) is 3.30. The van der Waals surface area contributed by atoms with E-state index < -0.39 is 0 Å². The van der Waals surface area contributed by atoms with Crippen LogP contribution in [0.5, 0.6) is 0 Å². The monoisotopic (exact) mass is 207 g/mol. The molecule has 1 N–H and O–H groups in total. The second kappa shape index (κ2) is 3.23. The number of amides is 1. The van der Waals surface area contributed by atoms with Crippen molar-refractivity contribution in [3.63, 3.8) is 0 Å². The lowest BCUT2D eigenvalue weighted by Crippen LogP contribution is -2.46. The van der Waals surface area contributed by atoms with Crippen LogP contribution in [0, 0.1) is 17.8 Å². The van der Waals surface area contributed by atoms with E-state index in [0.29, 0.717) is 11.8 Å². The number of fused-ring (bicyclic) bond motifs is 1. The van der Waals surface area contributed by atoms with Gasteiger partial charge in [0, 0.05) is 11.5 Å². The molecule has 0 aromatic heterocycles. The average molecular weight is 207 g/mol. The van der Waals surface area contributed by atoms with Gasteiger partial charge in [0.1, 0.15) is 0 Å². The standard InChI is InChI=1S/C13H21NO/c1-13(4-2-3-5-13)14-12(15)11-7-9-6-10(9)8-11/h9-11H,2-8H2,1H3,(H,14,15). The molecule has 3 saturated carbocycles. The van der Waals surface area contributed by atoms with Crippen LogP contribution in [-0.2, 0) is 4.79 Å². The average Bonchev–Trinajstić information content (AvgIpc) is 2.63. The largest absolute Gasteiger partial charge is 0.351 e. The molecule has 0 aromatic carbocycles. The van der Waals surface area contributed by atoms with Crippen LogP contribution in [0.1, 0.15) is 51.9 Å². The second-order valence-electron chi connectivity index (χ2n) is 6.18. The molecule has 2 atom stereocenters. The van der Waals surface area contributed by atoms with Gasteiger partial charge < -0.3 is 5.32 Å². The summed E-state index contributed by atoms with van der Waals surface area (Å²) >= 11 is 0. The van der Waals surface area contributed by atoms with Crippen molar-refractivity contribution in [2.75, 3.05) is 0 Å². The molecule has 0 aliphatic heterocycles. The Hall–Kier alpha value is -0.530. The van der Waals surface area contributed by atoms with Gasteiger partial charge in [0.25, 0.3) is 0 Å². The highest BCUT2D eigenvalue weighted by molar-refractivity contribution is 5.80. The fraction of sp³-hybridized carbons (Fsp3) is 0.923. The van der Waals surface area contributed by atoms with Crippen molar-refractivity contribution in [3.05, 3.63) is 0 Å². The normalized spacial score (nSPS) is 41.3. The fourth-order valence-corrected chi connectivity index (χ4v) is 3.61. The van der Waals surface area contributed by atoms with Crippen LogP contribution in [0.25, 0.3) is 0 Å². The lowest BCUT2D eigenvalue weighted by molar-refractivity contribution is -0.126. The molecule has 2 heteroatoms. The predicted octanol–water partition coefficient (Wildman–Crippen LogP) is 2.48.